The fourth-order valence-electron chi connectivity index (χ4n) is 4.10. The van der Waals surface area contributed by atoms with E-state index in [1.807, 2.05) is 0 Å². The maximum atomic E-state index is 11.1. The van der Waals surface area contributed by atoms with Crippen LogP contribution in [0.25, 0.3) is 0 Å². The van der Waals surface area contributed by atoms with E-state index in [-0.39, 0.29) is 11.9 Å². The molecular weight excluding hydrogens is 310 g/mol. The van der Waals surface area contributed by atoms with Gasteiger partial charge in [-0.25, -0.2) is 0 Å². The van der Waals surface area contributed by atoms with Crippen molar-refractivity contribution in [2.45, 2.75) is 110 Å². The Bertz CT molecular complexity index is 309. The van der Waals surface area contributed by atoms with E-state index in [0.29, 0.717) is 6.04 Å². The highest BCUT2D eigenvalue weighted by Crippen LogP contribution is 2.28. The average Bonchev–Trinajstić information content (AvgIpc) is 2.64. The maximum Gasteiger partial charge on any atom is 0.308 e. The van der Waals surface area contributed by atoms with Gasteiger partial charge in [0.05, 0.1) is 13.0 Å². The molecule has 0 bridgehead atoms. The molecule has 2 N–H and O–H groups in total. The van der Waals surface area contributed by atoms with Gasteiger partial charge in [0.2, 0.25) is 0 Å². The van der Waals surface area contributed by atoms with Crippen LogP contribution in [0.4, 0.5) is 0 Å². The molecule has 25 heavy (non-hydrogen) atoms. The van der Waals surface area contributed by atoms with Gasteiger partial charge in [-0.05, 0) is 50.4 Å². The Balaban J connectivity index is 0.000000195. The molecule has 3 rings (SSSR count). The molecule has 0 radical (unpaired) electrons. The normalized spacial score (nSPS) is 28.0. The van der Waals surface area contributed by atoms with Crippen molar-refractivity contribution < 1.29 is 9.53 Å². The van der Waals surface area contributed by atoms with Gasteiger partial charge in [-0.2, -0.15) is 0 Å². The van der Waals surface area contributed by atoms with Crippen LogP contribution in [-0.2, 0) is 9.53 Å². The van der Waals surface area contributed by atoms with Crippen molar-refractivity contribution in [2.75, 3.05) is 7.11 Å². The summed E-state index contributed by atoms with van der Waals surface area (Å²) in [5.41, 5.74) is 5.63. The minimum atomic E-state index is -0.0168. The number of hydrogen-bond acceptors (Lipinski definition) is 3. The molecule has 0 atom stereocenters. The highest BCUT2D eigenvalue weighted by atomic mass is 16.5. The molecule has 0 heterocycles. The number of methoxy groups -OCH3 is 1. The molecular formula is C22H43NO2. The maximum absolute atomic E-state index is 11.1. The number of ether oxygens (including phenoxy) is 1. The summed E-state index contributed by atoms with van der Waals surface area (Å²) >= 11 is 0. The predicted octanol–water partition coefficient (Wildman–Crippen LogP) is 5.85. The SMILES string of the molecule is CC1CCCCC1.COC(=O)C1CCC(C)CC1.NC1CCCCC1. The van der Waals surface area contributed by atoms with Gasteiger partial charge < -0.3 is 10.5 Å². The second-order valence-corrected chi connectivity index (χ2v) is 8.62. The van der Waals surface area contributed by atoms with Crippen LogP contribution in [-0.4, -0.2) is 19.1 Å². The number of carbonyl (C=O) groups excluding carboxylic acids is 1. The first-order chi connectivity index (χ1) is 12.0. The van der Waals surface area contributed by atoms with Crippen molar-refractivity contribution in [2.24, 2.45) is 23.5 Å². The molecule has 3 aliphatic rings. The third-order valence-corrected chi connectivity index (χ3v) is 6.09. The third-order valence-electron chi connectivity index (χ3n) is 6.09. The predicted molar refractivity (Wildman–Crippen MR) is 106 cm³/mol. The first-order valence-electron chi connectivity index (χ1n) is 10.9. The zero-order chi connectivity index (χ0) is 18.5. The number of rotatable bonds is 1. The van der Waals surface area contributed by atoms with Gasteiger partial charge in [0.25, 0.3) is 0 Å². The molecule has 0 saturated heterocycles. The molecule has 0 spiro atoms. The standard InChI is InChI=1S/C9H16O2.C7H14.C6H13N/c1-7-3-5-8(6-4-7)9(10)11-2;1-7-5-3-2-4-6-7;7-6-4-2-1-3-5-6/h7-8H,3-6H2,1-2H3;7H,2-6H2,1H3;6H,1-5,7H2. The Hall–Kier alpha value is -0.570. The van der Waals surface area contributed by atoms with Crippen LogP contribution >= 0.6 is 0 Å². The quantitative estimate of drug-likeness (QED) is 0.602. The Morgan fingerprint density at radius 1 is 0.720 bits per heavy atom. The van der Waals surface area contributed by atoms with E-state index in [0.717, 1.165) is 24.7 Å². The molecule has 3 heteroatoms. The molecule has 0 aromatic carbocycles. The Morgan fingerprint density at radius 2 is 1.16 bits per heavy atom. The largest absolute Gasteiger partial charge is 0.469 e. The van der Waals surface area contributed by atoms with Crippen molar-refractivity contribution in [1.82, 2.24) is 0 Å². The second kappa shape index (κ2) is 13.6. The van der Waals surface area contributed by atoms with E-state index in [4.69, 9.17) is 5.73 Å². The fraction of sp³-hybridized carbons (Fsp3) is 0.955. The van der Waals surface area contributed by atoms with Crippen LogP contribution in [0.1, 0.15) is 104 Å². The Kier molecular flexibility index (Phi) is 12.2. The minimum Gasteiger partial charge on any atom is -0.469 e. The summed E-state index contributed by atoms with van der Waals surface area (Å²) in [6, 6.07) is 0.536. The summed E-state index contributed by atoms with van der Waals surface area (Å²) in [6.07, 6.45) is 18.5. The van der Waals surface area contributed by atoms with Crippen molar-refractivity contribution >= 4 is 5.97 Å². The number of esters is 1. The zero-order valence-corrected chi connectivity index (χ0v) is 17.1. The van der Waals surface area contributed by atoms with Crippen molar-refractivity contribution in [1.29, 1.82) is 0 Å². The summed E-state index contributed by atoms with van der Waals surface area (Å²) in [4.78, 5) is 11.1. The molecule has 0 unspecified atom stereocenters. The van der Waals surface area contributed by atoms with Gasteiger partial charge in [-0.15, -0.1) is 0 Å². The Morgan fingerprint density at radius 3 is 1.48 bits per heavy atom. The van der Waals surface area contributed by atoms with Crippen LogP contribution in [0.3, 0.4) is 0 Å². The first-order valence-corrected chi connectivity index (χ1v) is 10.9. The summed E-state index contributed by atoms with van der Waals surface area (Å²) in [6.45, 7) is 4.60. The van der Waals surface area contributed by atoms with Crippen LogP contribution in [0.2, 0.25) is 0 Å². The van der Waals surface area contributed by atoms with Gasteiger partial charge in [0, 0.05) is 6.04 Å². The van der Waals surface area contributed by atoms with Crippen LogP contribution in [0, 0.1) is 17.8 Å². The van der Waals surface area contributed by atoms with Gasteiger partial charge in [0.1, 0.15) is 0 Å². The van der Waals surface area contributed by atoms with Gasteiger partial charge in [-0.1, -0.05) is 65.2 Å². The van der Waals surface area contributed by atoms with E-state index in [1.54, 1.807) is 0 Å². The average molecular weight is 354 g/mol. The third kappa shape index (κ3) is 10.9. The first kappa shape index (κ1) is 22.5. The topological polar surface area (TPSA) is 52.3 Å². The molecule has 0 amide bonds. The molecule has 0 aromatic rings. The van der Waals surface area contributed by atoms with E-state index in [2.05, 4.69) is 18.6 Å². The number of carbonyl (C=O) groups is 1. The smallest absolute Gasteiger partial charge is 0.308 e. The van der Waals surface area contributed by atoms with Crippen molar-refractivity contribution in [3.63, 3.8) is 0 Å². The summed E-state index contributed by atoms with van der Waals surface area (Å²) in [7, 11) is 1.47. The van der Waals surface area contributed by atoms with E-state index in [1.165, 1.54) is 84.2 Å². The molecule has 148 valence electrons. The summed E-state index contributed by atoms with van der Waals surface area (Å²) in [5.74, 6) is 2.01. The lowest BCUT2D eigenvalue weighted by Crippen LogP contribution is -2.22. The van der Waals surface area contributed by atoms with Crippen molar-refractivity contribution in [3.8, 4) is 0 Å². The monoisotopic (exact) mass is 353 g/mol. The van der Waals surface area contributed by atoms with Gasteiger partial charge >= 0.3 is 5.97 Å². The summed E-state index contributed by atoms with van der Waals surface area (Å²) < 4.78 is 4.69. The summed E-state index contributed by atoms with van der Waals surface area (Å²) in [5, 5.41) is 0. The number of hydrogen-bond donors (Lipinski definition) is 1. The molecule has 3 aliphatic carbocycles. The van der Waals surface area contributed by atoms with Crippen LogP contribution < -0.4 is 5.73 Å². The minimum absolute atomic E-state index is 0.0168. The van der Waals surface area contributed by atoms with E-state index in [9.17, 15) is 4.79 Å². The molecule has 3 nitrogen and oxygen atoms in total. The lowest BCUT2D eigenvalue weighted by molar-refractivity contribution is -0.146. The van der Waals surface area contributed by atoms with Crippen LogP contribution in [0.5, 0.6) is 0 Å². The van der Waals surface area contributed by atoms with E-state index >= 15 is 0 Å². The highest BCUT2D eigenvalue weighted by Gasteiger charge is 2.24. The molecule has 3 fully saturated rings. The Labute approximate surface area is 156 Å². The number of nitrogens with two attached hydrogens (primary N) is 1. The van der Waals surface area contributed by atoms with Crippen molar-refractivity contribution in [3.05, 3.63) is 0 Å². The fourth-order valence-corrected chi connectivity index (χ4v) is 4.10. The lowest BCUT2D eigenvalue weighted by Gasteiger charge is -2.23. The zero-order valence-electron chi connectivity index (χ0n) is 17.1. The van der Waals surface area contributed by atoms with Gasteiger partial charge in [0.15, 0.2) is 0 Å². The highest BCUT2D eigenvalue weighted by molar-refractivity contribution is 5.72. The lowest BCUT2D eigenvalue weighted by atomic mass is 9.83. The van der Waals surface area contributed by atoms with Gasteiger partial charge in [-0.3, -0.25) is 4.79 Å². The van der Waals surface area contributed by atoms with E-state index < -0.39 is 0 Å². The van der Waals surface area contributed by atoms with Crippen LogP contribution in [0.15, 0.2) is 0 Å². The molecule has 0 aromatic heterocycles. The second-order valence-electron chi connectivity index (χ2n) is 8.62. The molecule has 0 aliphatic heterocycles. The molecule has 3 saturated carbocycles.